The first-order valence-electron chi connectivity index (χ1n) is 5.79. The molecule has 0 fully saturated rings. The lowest BCUT2D eigenvalue weighted by Crippen LogP contribution is -2.13. The third-order valence-corrected chi connectivity index (χ3v) is 3.17. The van der Waals surface area contributed by atoms with Gasteiger partial charge >= 0.3 is 0 Å². The van der Waals surface area contributed by atoms with Crippen LogP contribution in [0.2, 0.25) is 0 Å². The normalized spacial score (nSPS) is 10.3. The zero-order valence-electron chi connectivity index (χ0n) is 10.8. The molecule has 0 atom stereocenters. The second kappa shape index (κ2) is 5.99. The van der Waals surface area contributed by atoms with E-state index in [2.05, 4.69) is 31.3 Å². The third-order valence-electron chi connectivity index (χ3n) is 2.64. The van der Waals surface area contributed by atoms with Crippen LogP contribution in [0.15, 0.2) is 28.7 Å². The van der Waals surface area contributed by atoms with Gasteiger partial charge in [0, 0.05) is 4.47 Å². The van der Waals surface area contributed by atoms with Crippen LogP contribution in [-0.4, -0.2) is 9.97 Å². The SMILES string of the molecule is Cc1nc(NN)c(C)c(OCc2ccc(Br)cc2)n1. The van der Waals surface area contributed by atoms with Gasteiger partial charge in [0.2, 0.25) is 5.88 Å². The van der Waals surface area contributed by atoms with E-state index in [4.69, 9.17) is 10.6 Å². The molecule has 0 amide bonds. The maximum Gasteiger partial charge on any atom is 0.222 e. The molecule has 2 aromatic rings. The predicted octanol–water partition coefficient (Wildman–Crippen LogP) is 2.72. The molecule has 0 saturated heterocycles. The average Bonchev–Trinajstić information content (AvgIpc) is 2.41. The van der Waals surface area contributed by atoms with E-state index in [1.807, 2.05) is 31.2 Å². The highest BCUT2D eigenvalue weighted by Gasteiger charge is 2.09. The highest BCUT2D eigenvalue weighted by atomic mass is 79.9. The summed E-state index contributed by atoms with van der Waals surface area (Å²) in [5, 5.41) is 0. The van der Waals surface area contributed by atoms with Gasteiger partial charge in [-0.1, -0.05) is 28.1 Å². The van der Waals surface area contributed by atoms with Crippen LogP contribution >= 0.6 is 15.9 Å². The van der Waals surface area contributed by atoms with Gasteiger partial charge in [-0.3, -0.25) is 0 Å². The minimum absolute atomic E-state index is 0.453. The molecular formula is C13H15BrN4O. The van der Waals surface area contributed by atoms with E-state index in [0.29, 0.717) is 24.1 Å². The van der Waals surface area contributed by atoms with Crippen molar-refractivity contribution in [2.24, 2.45) is 5.84 Å². The Morgan fingerprint density at radius 1 is 1.21 bits per heavy atom. The Hall–Kier alpha value is -1.66. The summed E-state index contributed by atoms with van der Waals surface area (Å²) in [7, 11) is 0. The molecule has 2 rings (SSSR count). The molecule has 0 radical (unpaired) electrons. The van der Waals surface area contributed by atoms with E-state index in [1.165, 1.54) is 0 Å². The number of nitrogens with zero attached hydrogens (tertiary/aromatic N) is 2. The van der Waals surface area contributed by atoms with Gasteiger partial charge in [-0.2, -0.15) is 4.98 Å². The lowest BCUT2D eigenvalue weighted by Gasteiger charge is -2.11. The molecule has 1 aromatic heterocycles. The van der Waals surface area contributed by atoms with Crippen LogP contribution in [0.4, 0.5) is 5.82 Å². The largest absolute Gasteiger partial charge is 0.472 e. The van der Waals surface area contributed by atoms with Crippen LogP contribution in [0, 0.1) is 13.8 Å². The molecule has 3 N–H and O–H groups in total. The van der Waals surface area contributed by atoms with Gasteiger partial charge in [-0.05, 0) is 31.5 Å². The Bertz CT molecular complexity index is 572. The number of benzene rings is 1. The molecule has 0 saturated carbocycles. The monoisotopic (exact) mass is 322 g/mol. The summed E-state index contributed by atoms with van der Waals surface area (Å²) < 4.78 is 6.77. The number of nitrogens with one attached hydrogen (secondary N) is 1. The molecule has 5 nitrogen and oxygen atoms in total. The first-order valence-corrected chi connectivity index (χ1v) is 6.58. The van der Waals surface area contributed by atoms with Crippen molar-refractivity contribution in [3.8, 4) is 5.88 Å². The molecule has 1 heterocycles. The van der Waals surface area contributed by atoms with Crippen LogP contribution in [0.3, 0.4) is 0 Å². The van der Waals surface area contributed by atoms with E-state index in [0.717, 1.165) is 15.6 Å². The van der Waals surface area contributed by atoms with Gasteiger partial charge in [-0.25, -0.2) is 10.8 Å². The third kappa shape index (κ3) is 3.42. The summed E-state index contributed by atoms with van der Waals surface area (Å²) in [6.07, 6.45) is 0. The van der Waals surface area contributed by atoms with Crippen molar-refractivity contribution in [3.63, 3.8) is 0 Å². The lowest BCUT2D eigenvalue weighted by atomic mass is 10.2. The Balaban J connectivity index is 2.15. The summed E-state index contributed by atoms with van der Waals surface area (Å²) in [6, 6.07) is 7.94. The molecule has 0 unspecified atom stereocenters. The van der Waals surface area contributed by atoms with Gasteiger partial charge in [0.05, 0.1) is 5.56 Å². The van der Waals surface area contributed by atoms with Crippen molar-refractivity contribution in [2.45, 2.75) is 20.5 Å². The van der Waals surface area contributed by atoms with Crippen molar-refractivity contribution in [3.05, 3.63) is 45.7 Å². The minimum Gasteiger partial charge on any atom is -0.472 e. The topological polar surface area (TPSA) is 73.1 Å². The fourth-order valence-corrected chi connectivity index (χ4v) is 1.88. The number of hydrogen-bond donors (Lipinski definition) is 2. The summed E-state index contributed by atoms with van der Waals surface area (Å²) >= 11 is 3.40. The quantitative estimate of drug-likeness (QED) is 0.668. The zero-order chi connectivity index (χ0) is 13.8. The van der Waals surface area contributed by atoms with Gasteiger partial charge < -0.3 is 10.2 Å². The van der Waals surface area contributed by atoms with E-state index < -0.39 is 0 Å². The Morgan fingerprint density at radius 2 is 1.89 bits per heavy atom. The van der Waals surface area contributed by atoms with Gasteiger partial charge in [-0.15, -0.1) is 0 Å². The second-order valence-electron chi connectivity index (χ2n) is 4.11. The molecule has 1 aromatic carbocycles. The van der Waals surface area contributed by atoms with Crippen LogP contribution in [-0.2, 0) is 6.61 Å². The van der Waals surface area contributed by atoms with Crippen molar-refractivity contribution in [1.82, 2.24) is 9.97 Å². The van der Waals surface area contributed by atoms with E-state index in [1.54, 1.807) is 6.92 Å². The number of aryl methyl sites for hydroxylation is 1. The van der Waals surface area contributed by atoms with Gasteiger partial charge in [0.15, 0.2) is 0 Å². The van der Waals surface area contributed by atoms with Crippen molar-refractivity contribution in [2.75, 3.05) is 5.43 Å². The number of ether oxygens (including phenoxy) is 1. The molecule has 19 heavy (non-hydrogen) atoms. The highest BCUT2D eigenvalue weighted by molar-refractivity contribution is 9.10. The maximum atomic E-state index is 5.72. The fourth-order valence-electron chi connectivity index (χ4n) is 1.62. The molecule has 6 heteroatoms. The van der Waals surface area contributed by atoms with Crippen molar-refractivity contribution >= 4 is 21.7 Å². The van der Waals surface area contributed by atoms with Gasteiger partial charge in [0.25, 0.3) is 0 Å². The second-order valence-corrected chi connectivity index (χ2v) is 5.02. The predicted molar refractivity (Wildman–Crippen MR) is 77.8 cm³/mol. The Morgan fingerprint density at radius 3 is 2.53 bits per heavy atom. The first-order chi connectivity index (χ1) is 9.10. The van der Waals surface area contributed by atoms with Crippen LogP contribution in [0.25, 0.3) is 0 Å². The minimum atomic E-state index is 0.453. The first kappa shape index (κ1) is 13.8. The van der Waals surface area contributed by atoms with E-state index in [-0.39, 0.29) is 0 Å². The number of hydrogen-bond acceptors (Lipinski definition) is 5. The van der Waals surface area contributed by atoms with Crippen molar-refractivity contribution in [1.29, 1.82) is 0 Å². The summed E-state index contributed by atoms with van der Waals surface area (Å²) in [6.45, 7) is 4.12. The number of hydrazine groups is 1. The smallest absolute Gasteiger partial charge is 0.222 e. The fraction of sp³-hybridized carbons (Fsp3) is 0.231. The number of nitrogens with two attached hydrogens (primary N) is 1. The standard InChI is InChI=1S/C13H15BrN4O/c1-8-12(18-15)16-9(2)17-13(8)19-7-10-3-5-11(14)6-4-10/h3-6H,7,15H2,1-2H3,(H,16,17,18). The van der Waals surface area contributed by atoms with Crippen LogP contribution in [0.5, 0.6) is 5.88 Å². The Kier molecular flexibility index (Phi) is 4.34. The zero-order valence-corrected chi connectivity index (χ0v) is 12.4. The van der Waals surface area contributed by atoms with E-state index in [9.17, 15) is 0 Å². The number of nitrogen functional groups attached to an aromatic ring is 1. The maximum absolute atomic E-state index is 5.72. The average molecular weight is 323 g/mol. The molecular weight excluding hydrogens is 308 g/mol. The molecule has 0 aliphatic rings. The molecule has 0 aliphatic heterocycles. The lowest BCUT2D eigenvalue weighted by molar-refractivity contribution is 0.290. The highest BCUT2D eigenvalue weighted by Crippen LogP contribution is 2.22. The molecule has 100 valence electrons. The molecule has 0 bridgehead atoms. The summed E-state index contributed by atoms with van der Waals surface area (Å²) in [5.41, 5.74) is 4.41. The van der Waals surface area contributed by atoms with E-state index >= 15 is 0 Å². The number of rotatable bonds is 4. The van der Waals surface area contributed by atoms with Crippen LogP contribution in [0.1, 0.15) is 17.0 Å². The molecule has 0 spiro atoms. The number of anilines is 1. The van der Waals surface area contributed by atoms with Gasteiger partial charge in [0.1, 0.15) is 18.2 Å². The summed E-state index contributed by atoms with van der Waals surface area (Å²) in [4.78, 5) is 8.46. The van der Waals surface area contributed by atoms with Crippen LogP contribution < -0.4 is 16.0 Å². The number of halogens is 1. The number of aromatic nitrogens is 2. The molecule has 0 aliphatic carbocycles. The summed E-state index contributed by atoms with van der Waals surface area (Å²) in [5.74, 6) is 7.15. The Labute approximate surface area is 120 Å². The van der Waals surface area contributed by atoms with Crippen molar-refractivity contribution < 1.29 is 4.74 Å².